The van der Waals surface area contributed by atoms with Crippen LogP contribution < -0.4 is 9.47 Å². The Hall–Kier alpha value is -1.64. The van der Waals surface area contributed by atoms with Crippen LogP contribution in [0.1, 0.15) is 5.56 Å². The average molecular weight is 203 g/mol. The van der Waals surface area contributed by atoms with E-state index in [4.69, 9.17) is 9.47 Å². The molecule has 1 aliphatic heterocycles. The van der Waals surface area contributed by atoms with Crippen LogP contribution in [0.5, 0.6) is 11.5 Å². The second-order valence-electron chi connectivity index (χ2n) is 3.78. The third-order valence-corrected chi connectivity index (χ3v) is 3.12. The molecule has 0 aliphatic carbocycles. The number of rotatable bonds is 2. The summed E-state index contributed by atoms with van der Waals surface area (Å²) in [6.45, 7) is 1.04. The second kappa shape index (κ2) is 2.92. The van der Waals surface area contributed by atoms with Crippen LogP contribution in [-0.2, 0) is 13.0 Å². The SMILES string of the molecule is COc1cc(OC)c2ccn3c2c1CC3. The highest BCUT2D eigenvalue weighted by molar-refractivity contribution is 5.92. The van der Waals surface area contributed by atoms with Gasteiger partial charge in [0.1, 0.15) is 11.5 Å². The van der Waals surface area contributed by atoms with E-state index >= 15 is 0 Å². The number of hydrogen-bond donors (Lipinski definition) is 0. The molecule has 0 spiro atoms. The summed E-state index contributed by atoms with van der Waals surface area (Å²) < 4.78 is 13.0. The molecule has 0 radical (unpaired) electrons. The van der Waals surface area contributed by atoms with Gasteiger partial charge in [-0.1, -0.05) is 0 Å². The molecule has 0 N–H and O–H groups in total. The Morgan fingerprint density at radius 1 is 1.20 bits per heavy atom. The van der Waals surface area contributed by atoms with Crippen molar-refractivity contribution in [3.63, 3.8) is 0 Å². The maximum atomic E-state index is 5.40. The van der Waals surface area contributed by atoms with Crippen LogP contribution in [0.2, 0.25) is 0 Å². The van der Waals surface area contributed by atoms with Crippen LogP contribution >= 0.6 is 0 Å². The number of nitrogens with zero attached hydrogens (tertiary/aromatic N) is 1. The predicted octanol–water partition coefficient (Wildman–Crippen LogP) is 2.21. The van der Waals surface area contributed by atoms with Gasteiger partial charge in [-0.2, -0.15) is 0 Å². The first-order chi connectivity index (χ1) is 7.35. The van der Waals surface area contributed by atoms with Gasteiger partial charge in [0.25, 0.3) is 0 Å². The van der Waals surface area contributed by atoms with Crippen molar-refractivity contribution in [1.29, 1.82) is 0 Å². The van der Waals surface area contributed by atoms with Gasteiger partial charge < -0.3 is 14.0 Å². The fourth-order valence-corrected chi connectivity index (χ4v) is 2.42. The standard InChI is InChI=1S/C12H13NO2/c1-14-10-7-11(15-2)9-4-6-13-5-3-8(10)12(9)13/h3,5,7H,4,6H2,1-2H3. The average Bonchev–Trinajstić information content (AvgIpc) is 2.86. The Bertz CT molecular complexity index is 528. The molecular weight excluding hydrogens is 190 g/mol. The van der Waals surface area contributed by atoms with E-state index in [9.17, 15) is 0 Å². The lowest BCUT2D eigenvalue weighted by atomic mass is 10.1. The van der Waals surface area contributed by atoms with Crippen LogP contribution in [0.15, 0.2) is 18.3 Å². The molecule has 0 saturated heterocycles. The van der Waals surface area contributed by atoms with Gasteiger partial charge in [0, 0.05) is 29.8 Å². The van der Waals surface area contributed by atoms with Crippen LogP contribution in [0.4, 0.5) is 0 Å². The summed E-state index contributed by atoms with van der Waals surface area (Å²) in [5.41, 5.74) is 2.57. The highest BCUT2D eigenvalue weighted by Gasteiger charge is 2.21. The summed E-state index contributed by atoms with van der Waals surface area (Å²) in [4.78, 5) is 0. The minimum atomic E-state index is 0.895. The topological polar surface area (TPSA) is 23.4 Å². The number of aryl methyl sites for hydroxylation is 2. The number of ether oxygens (including phenoxy) is 2. The van der Waals surface area contributed by atoms with Crippen molar-refractivity contribution in [2.45, 2.75) is 13.0 Å². The minimum Gasteiger partial charge on any atom is -0.496 e. The summed E-state index contributed by atoms with van der Waals surface area (Å²) in [7, 11) is 3.41. The van der Waals surface area contributed by atoms with E-state index in [2.05, 4.69) is 16.8 Å². The first kappa shape index (κ1) is 8.65. The normalized spacial score (nSPS) is 13.5. The smallest absolute Gasteiger partial charge is 0.131 e. The van der Waals surface area contributed by atoms with E-state index in [1.807, 2.05) is 6.07 Å². The molecule has 0 saturated carbocycles. The monoisotopic (exact) mass is 203 g/mol. The number of methoxy groups -OCH3 is 2. The third kappa shape index (κ3) is 1.00. The van der Waals surface area contributed by atoms with Crippen molar-refractivity contribution in [3.05, 3.63) is 23.9 Å². The molecule has 0 atom stereocenters. The molecule has 1 aromatic heterocycles. The maximum Gasteiger partial charge on any atom is 0.131 e. The molecule has 0 amide bonds. The highest BCUT2D eigenvalue weighted by atomic mass is 16.5. The molecule has 15 heavy (non-hydrogen) atoms. The lowest BCUT2D eigenvalue weighted by Crippen LogP contribution is -1.92. The van der Waals surface area contributed by atoms with Gasteiger partial charge in [0.15, 0.2) is 0 Å². The van der Waals surface area contributed by atoms with Gasteiger partial charge in [-0.25, -0.2) is 0 Å². The van der Waals surface area contributed by atoms with Gasteiger partial charge >= 0.3 is 0 Å². The van der Waals surface area contributed by atoms with E-state index in [0.29, 0.717) is 0 Å². The Morgan fingerprint density at radius 3 is 2.73 bits per heavy atom. The van der Waals surface area contributed by atoms with E-state index in [0.717, 1.165) is 24.5 Å². The minimum absolute atomic E-state index is 0.895. The molecule has 0 fully saturated rings. The van der Waals surface area contributed by atoms with Crippen molar-refractivity contribution in [3.8, 4) is 11.5 Å². The zero-order valence-electron chi connectivity index (χ0n) is 8.91. The summed E-state index contributed by atoms with van der Waals surface area (Å²) in [6.07, 6.45) is 3.17. The van der Waals surface area contributed by atoms with Crippen LogP contribution in [0.25, 0.3) is 10.9 Å². The zero-order valence-corrected chi connectivity index (χ0v) is 8.91. The molecule has 78 valence electrons. The summed E-state index contributed by atoms with van der Waals surface area (Å²) in [5.74, 6) is 1.84. The zero-order chi connectivity index (χ0) is 10.4. The van der Waals surface area contributed by atoms with Crippen LogP contribution in [0.3, 0.4) is 0 Å². The van der Waals surface area contributed by atoms with Gasteiger partial charge in [-0.3, -0.25) is 0 Å². The summed E-state index contributed by atoms with van der Waals surface area (Å²) in [5, 5.41) is 1.19. The molecule has 2 heterocycles. The summed E-state index contributed by atoms with van der Waals surface area (Å²) in [6, 6.07) is 4.09. The molecule has 3 heteroatoms. The van der Waals surface area contributed by atoms with Gasteiger partial charge in [-0.05, 0) is 12.5 Å². The molecule has 0 bridgehead atoms. The van der Waals surface area contributed by atoms with Gasteiger partial charge in [0.05, 0.1) is 19.7 Å². The number of hydrogen-bond acceptors (Lipinski definition) is 2. The first-order valence-corrected chi connectivity index (χ1v) is 5.08. The molecule has 3 rings (SSSR count). The molecular formula is C12H13NO2. The van der Waals surface area contributed by atoms with Crippen molar-refractivity contribution < 1.29 is 9.47 Å². The Morgan fingerprint density at radius 2 is 2.00 bits per heavy atom. The predicted molar refractivity (Wildman–Crippen MR) is 58.7 cm³/mol. The molecule has 1 aromatic carbocycles. The quantitative estimate of drug-likeness (QED) is 0.747. The van der Waals surface area contributed by atoms with E-state index in [1.54, 1.807) is 14.2 Å². The largest absolute Gasteiger partial charge is 0.496 e. The second-order valence-corrected chi connectivity index (χ2v) is 3.78. The Balaban J connectivity index is 2.42. The van der Waals surface area contributed by atoms with E-state index in [-0.39, 0.29) is 0 Å². The van der Waals surface area contributed by atoms with Crippen LogP contribution in [0, 0.1) is 0 Å². The molecule has 3 nitrogen and oxygen atoms in total. The number of benzene rings is 1. The lowest BCUT2D eigenvalue weighted by Gasteiger charge is -2.09. The lowest BCUT2D eigenvalue weighted by molar-refractivity contribution is 0.395. The van der Waals surface area contributed by atoms with E-state index in [1.165, 1.54) is 16.5 Å². The van der Waals surface area contributed by atoms with Crippen molar-refractivity contribution in [2.24, 2.45) is 0 Å². The highest BCUT2D eigenvalue weighted by Crippen LogP contribution is 2.39. The fraction of sp³-hybridized carbons (Fsp3) is 0.333. The molecule has 1 aliphatic rings. The first-order valence-electron chi connectivity index (χ1n) is 5.08. The Labute approximate surface area is 88.2 Å². The Kier molecular flexibility index (Phi) is 1.69. The van der Waals surface area contributed by atoms with Crippen molar-refractivity contribution in [1.82, 2.24) is 4.57 Å². The molecule has 2 aromatic rings. The summed E-state index contributed by atoms with van der Waals surface area (Å²) >= 11 is 0. The van der Waals surface area contributed by atoms with Crippen molar-refractivity contribution in [2.75, 3.05) is 14.2 Å². The van der Waals surface area contributed by atoms with Gasteiger partial charge in [-0.15, -0.1) is 0 Å². The van der Waals surface area contributed by atoms with Crippen LogP contribution in [-0.4, -0.2) is 18.8 Å². The van der Waals surface area contributed by atoms with E-state index < -0.39 is 0 Å². The molecule has 0 unspecified atom stereocenters. The third-order valence-electron chi connectivity index (χ3n) is 3.12. The number of aromatic nitrogens is 1. The maximum absolute atomic E-state index is 5.40. The van der Waals surface area contributed by atoms with Gasteiger partial charge in [0.2, 0.25) is 0 Å². The fourth-order valence-electron chi connectivity index (χ4n) is 2.42. The van der Waals surface area contributed by atoms with Crippen molar-refractivity contribution >= 4 is 10.9 Å².